The van der Waals surface area contributed by atoms with E-state index in [0.29, 0.717) is 43.1 Å². The Hall–Kier alpha value is -3.53. The van der Waals surface area contributed by atoms with Crippen LogP contribution in [0.4, 0.5) is 11.6 Å². The third kappa shape index (κ3) is 4.01. The highest BCUT2D eigenvalue weighted by Crippen LogP contribution is 2.31. The summed E-state index contributed by atoms with van der Waals surface area (Å²) in [5.74, 6) is 1.46. The second-order valence-corrected chi connectivity index (χ2v) is 10.8. The molecule has 35 heavy (non-hydrogen) atoms. The van der Waals surface area contributed by atoms with Gasteiger partial charge in [0, 0.05) is 37.7 Å². The molecule has 2 aromatic carbocycles. The molecule has 3 aliphatic heterocycles. The first kappa shape index (κ1) is 22.0. The van der Waals surface area contributed by atoms with Gasteiger partial charge in [-0.1, -0.05) is 24.3 Å². The molecule has 0 saturated carbocycles. The first-order valence-electron chi connectivity index (χ1n) is 12.0. The quantitative estimate of drug-likeness (QED) is 0.601. The number of para-hydroxylation sites is 2. The van der Waals surface area contributed by atoms with Crippen LogP contribution in [0.3, 0.4) is 0 Å². The largest absolute Gasteiger partial charge is 0.355 e. The van der Waals surface area contributed by atoms with Crippen molar-refractivity contribution in [3.05, 3.63) is 54.1 Å². The van der Waals surface area contributed by atoms with Gasteiger partial charge in [0.2, 0.25) is 5.91 Å². The van der Waals surface area contributed by atoms with Crippen LogP contribution in [0.5, 0.6) is 0 Å². The lowest BCUT2D eigenvalue weighted by Crippen LogP contribution is -2.41. The van der Waals surface area contributed by atoms with Crippen LogP contribution in [-0.2, 0) is 14.8 Å². The molecule has 3 aromatic rings. The Morgan fingerprint density at radius 2 is 1.51 bits per heavy atom. The average Bonchev–Trinajstić information content (AvgIpc) is 3.50. The highest BCUT2D eigenvalue weighted by Gasteiger charge is 2.35. The lowest BCUT2D eigenvalue weighted by atomic mass is 9.95. The minimum absolute atomic E-state index is 0.0731. The second kappa shape index (κ2) is 8.60. The van der Waals surface area contributed by atoms with Crippen LogP contribution >= 0.6 is 0 Å². The Kier molecular flexibility index (Phi) is 5.40. The molecule has 9 nitrogen and oxygen atoms in total. The SMILES string of the molecule is O=C(Nc1nc2ccccc2nc1N1CCCC1)C1CCN(C2=NS(=O)(=O)c3ccccc32)CC1. The van der Waals surface area contributed by atoms with Crippen LogP contribution in [0.2, 0.25) is 0 Å². The Morgan fingerprint density at radius 3 is 2.26 bits per heavy atom. The molecular formula is C25H26N6O3S. The molecule has 1 amide bonds. The molecule has 0 aliphatic carbocycles. The van der Waals surface area contributed by atoms with Crippen LogP contribution in [0, 0.1) is 5.92 Å². The predicted molar refractivity (Wildman–Crippen MR) is 134 cm³/mol. The number of carbonyl (C=O) groups is 1. The van der Waals surface area contributed by atoms with Gasteiger partial charge >= 0.3 is 0 Å². The number of aromatic nitrogens is 2. The van der Waals surface area contributed by atoms with Crippen LogP contribution in [0.15, 0.2) is 57.8 Å². The third-order valence-electron chi connectivity index (χ3n) is 6.98. The first-order chi connectivity index (χ1) is 17.0. The Labute approximate surface area is 203 Å². The van der Waals surface area contributed by atoms with E-state index < -0.39 is 10.0 Å². The molecule has 10 heteroatoms. The predicted octanol–water partition coefficient (Wildman–Crippen LogP) is 3.03. The molecule has 1 N–H and O–H groups in total. The van der Waals surface area contributed by atoms with Crippen molar-refractivity contribution in [3.8, 4) is 0 Å². The molecule has 1 aromatic heterocycles. The van der Waals surface area contributed by atoms with Crippen molar-refractivity contribution in [2.45, 2.75) is 30.6 Å². The summed E-state index contributed by atoms with van der Waals surface area (Å²) in [4.78, 5) is 27.2. The van der Waals surface area contributed by atoms with Gasteiger partial charge in [0.1, 0.15) is 4.90 Å². The summed E-state index contributed by atoms with van der Waals surface area (Å²) >= 11 is 0. The molecule has 2 saturated heterocycles. The van der Waals surface area contributed by atoms with E-state index >= 15 is 0 Å². The number of fused-ring (bicyclic) bond motifs is 2. The van der Waals surface area contributed by atoms with Crippen LogP contribution in [0.25, 0.3) is 11.0 Å². The fourth-order valence-electron chi connectivity index (χ4n) is 5.11. The number of nitrogens with zero attached hydrogens (tertiary/aromatic N) is 5. The average molecular weight is 491 g/mol. The summed E-state index contributed by atoms with van der Waals surface area (Å²) in [6.45, 7) is 2.92. The van der Waals surface area contributed by atoms with Crippen molar-refractivity contribution in [1.29, 1.82) is 0 Å². The highest BCUT2D eigenvalue weighted by atomic mass is 32.2. The molecule has 0 atom stereocenters. The highest BCUT2D eigenvalue weighted by molar-refractivity contribution is 7.90. The molecule has 0 spiro atoms. The minimum Gasteiger partial charge on any atom is -0.355 e. The zero-order valence-corrected chi connectivity index (χ0v) is 20.0. The number of piperidine rings is 1. The summed E-state index contributed by atoms with van der Waals surface area (Å²) in [6, 6.07) is 14.6. The molecule has 2 fully saturated rings. The molecule has 0 radical (unpaired) electrons. The lowest BCUT2D eigenvalue weighted by molar-refractivity contribution is -0.121. The van der Waals surface area contributed by atoms with E-state index in [1.54, 1.807) is 18.2 Å². The summed E-state index contributed by atoms with van der Waals surface area (Å²) in [6.07, 6.45) is 3.41. The van der Waals surface area contributed by atoms with Crippen molar-refractivity contribution in [2.24, 2.45) is 10.3 Å². The molecule has 0 unspecified atom stereocenters. The summed E-state index contributed by atoms with van der Waals surface area (Å²) in [5, 5.41) is 3.06. The summed E-state index contributed by atoms with van der Waals surface area (Å²) in [5.41, 5.74) is 2.20. The maximum absolute atomic E-state index is 13.3. The normalized spacial score (nSPS) is 19.6. The molecule has 3 aliphatic rings. The van der Waals surface area contributed by atoms with Crippen molar-refractivity contribution in [2.75, 3.05) is 36.4 Å². The maximum Gasteiger partial charge on any atom is 0.285 e. The molecule has 180 valence electrons. The first-order valence-corrected chi connectivity index (χ1v) is 13.5. The Bertz CT molecular complexity index is 1440. The number of rotatable bonds is 3. The van der Waals surface area contributed by atoms with Crippen LogP contribution in [-0.4, -0.2) is 61.2 Å². The smallest absolute Gasteiger partial charge is 0.285 e. The number of likely N-dealkylation sites (tertiary alicyclic amines) is 1. The zero-order valence-electron chi connectivity index (χ0n) is 19.2. The van der Waals surface area contributed by atoms with Crippen molar-refractivity contribution in [3.63, 3.8) is 0 Å². The fourth-order valence-corrected chi connectivity index (χ4v) is 6.34. The number of amidine groups is 1. The number of benzene rings is 2. The number of carbonyl (C=O) groups excluding carboxylic acids is 1. The summed E-state index contributed by atoms with van der Waals surface area (Å²) < 4.78 is 28.9. The minimum atomic E-state index is -3.66. The number of hydrogen-bond donors (Lipinski definition) is 1. The van der Waals surface area contributed by atoms with Crippen molar-refractivity contribution < 1.29 is 13.2 Å². The van der Waals surface area contributed by atoms with Crippen molar-refractivity contribution >= 4 is 44.4 Å². The molecule has 4 heterocycles. The fraction of sp³-hybridized carbons (Fsp3) is 0.360. The molecule has 0 bridgehead atoms. The standard InChI is InChI=1S/C25H26N6O3S/c32-25(28-22-24(30-13-5-6-14-30)27-20-9-3-2-8-19(20)26-22)17-11-15-31(16-12-17)23-18-7-1-4-10-21(18)35(33,34)29-23/h1-4,7-10,17H,5-6,11-16H2,(H,26,28,32). The van der Waals surface area contributed by atoms with Gasteiger partial charge in [-0.2, -0.15) is 8.42 Å². The number of amides is 1. The number of hydrogen-bond acceptors (Lipinski definition) is 7. The van der Waals surface area contributed by atoms with Gasteiger partial charge in [-0.15, -0.1) is 4.40 Å². The van der Waals surface area contributed by atoms with Gasteiger partial charge in [0.25, 0.3) is 10.0 Å². The van der Waals surface area contributed by atoms with Gasteiger partial charge in [-0.25, -0.2) is 9.97 Å². The number of anilines is 2. The van der Waals surface area contributed by atoms with Crippen LogP contribution < -0.4 is 10.2 Å². The van der Waals surface area contributed by atoms with E-state index in [1.807, 2.05) is 35.2 Å². The van der Waals surface area contributed by atoms with E-state index in [4.69, 9.17) is 9.97 Å². The van der Waals surface area contributed by atoms with Gasteiger partial charge in [0.05, 0.1) is 11.0 Å². The summed E-state index contributed by atoms with van der Waals surface area (Å²) in [7, 11) is -3.66. The second-order valence-electron chi connectivity index (χ2n) is 9.22. The monoisotopic (exact) mass is 490 g/mol. The van der Waals surface area contributed by atoms with Gasteiger partial charge in [0.15, 0.2) is 17.5 Å². The lowest BCUT2D eigenvalue weighted by Gasteiger charge is -2.32. The Morgan fingerprint density at radius 1 is 0.857 bits per heavy atom. The number of sulfonamides is 1. The van der Waals surface area contributed by atoms with Gasteiger partial charge in [-0.05, 0) is 49.9 Å². The van der Waals surface area contributed by atoms with E-state index in [0.717, 1.165) is 42.8 Å². The van der Waals surface area contributed by atoms with Crippen molar-refractivity contribution in [1.82, 2.24) is 14.9 Å². The van der Waals surface area contributed by atoms with E-state index in [2.05, 4.69) is 14.6 Å². The molecular weight excluding hydrogens is 464 g/mol. The van der Waals surface area contributed by atoms with Gasteiger partial charge in [-0.3, -0.25) is 4.79 Å². The van der Waals surface area contributed by atoms with E-state index in [9.17, 15) is 13.2 Å². The van der Waals surface area contributed by atoms with Crippen LogP contribution in [0.1, 0.15) is 31.2 Å². The maximum atomic E-state index is 13.3. The zero-order chi connectivity index (χ0) is 24.0. The topological polar surface area (TPSA) is 108 Å². The van der Waals surface area contributed by atoms with Gasteiger partial charge < -0.3 is 15.1 Å². The Balaban J connectivity index is 1.19. The molecule has 6 rings (SSSR count). The number of nitrogens with one attached hydrogen (secondary N) is 1. The van der Waals surface area contributed by atoms with E-state index in [1.165, 1.54) is 0 Å². The van der Waals surface area contributed by atoms with E-state index in [-0.39, 0.29) is 16.7 Å². The third-order valence-corrected chi connectivity index (χ3v) is 8.30.